The maximum atomic E-state index is 8.78. The van der Waals surface area contributed by atoms with Crippen LogP contribution in [-0.4, -0.2) is 24.8 Å². The molecule has 0 fully saturated rings. The zero-order valence-corrected chi connectivity index (χ0v) is 8.97. The van der Waals surface area contributed by atoms with E-state index in [0.29, 0.717) is 12.5 Å². The fourth-order valence-electron chi connectivity index (χ4n) is 1.09. The van der Waals surface area contributed by atoms with Crippen LogP contribution in [0.15, 0.2) is 12.2 Å². The molecule has 1 atom stereocenters. The van der Waals surface area contributed by atoms with Crippen LogP contribution in [0.25, 0.3) is 0 Å². The van der Waals surface area contributed by atoms with Gasteiger partial charge in [0.2, 0.25) is 0 Å². The van der Waals surface area contributed by atoms with Crippen molar-refractivity contribution in [2.75, 3.05) is 19.7 Å². The first kappa shape index (κ1) is 12.7. The third-order valence-corrected chi connectivity index (χ3v) is 2.09. The lowest BCUT2D eigenvalue weighted by atomic mass is 10.1. The Balaban J connectivity index is 3.04. The Morgan fingerprint density at radius 3 is 2.69 bits per heavy atom. The molecule has 2 heteroatoms. The van der Waals surface area contributed by atoms with Gasteiger partial charge in [0.15, 0.2) is 0 Å². The van der Waals surface area contributed by atoms with Crippen LogP contribution in [0.4, 0.5) is 0 Å². The second-order valence-electron chi connectivity index (χ2n) is 3.89. The number of hydrogen-bond acceptors (Lipinski definition) is 2. The third kappa shape index (κ3) is 9.57. The number of nitrogens with one attached hydrogen (secondary N) is 1. The van der Waals surface area contributed by atoms with Crippen molar-refractivity contribution in [1.82, 2.24) is 5.32 Å². The van der Waals surface area contributed by atoms with Crippen molar-refractivity contribution in [2.24, 2.45) is 5.92 Å². The predicted molar refractivity (Wildman–Crippen MR) is 57.8 cm³/mol. The molecule has 0 aliphatic heterocycles. The molecule has 0 saturated carbocycles. The molecule has 0 aliphatic carbocycles. The van der Waals surface area contributed by atoms with E-state index in [2.05, 4.69) is 25.7 Å². The summed E-state index contributed by atoms with van der Waals surface area (Å²) in [6.45, 7) is 10.4. The van der Waals surface area contributed by atoms with E-state index in [0.717, 1.165) is 32.4 Å². The maximum Gasteiger partial charge on any atom is 0.0456 e. The minimum atomic E-state index is 0.311. The topological polar surface area (TPSA) is 32.3 Å². The second kappa shape index (κ2) is 8.27. The van der Waals surface area contributed by atoms with Gasteiger partial charge in [-0.15, -0.1) is 6.58 Å². The monoisotopic (exact) mass is 185 g/mol. The highest BCUT2D eigenvalue weighted by Gasteiger charge is 1.98. The molecule has 0 amide bonds. The summed E-state index contributed by atoms with van der Waals surface area (Å²) in [6, 6.07) is 0. The number of rotatable bonds is 8. The van der Waals surface area contributed by atoms with E-state index in [1.54, 1.807) is 0 Å². The van der Waals surface area contributed by atoms with Crippen LogP contribution >= 0.6 is 0 Å². The Morgan fingerprint density at radius 1 is 1.46 bits per heavy atom. The van der Waals surface area contributed by atoms with E-state index in [-0.39, 0.29) is 0 Å². The molecule has 0 rings (SSSR count). The normalized spacial score (nSPS) is 12.8. The summed E-state index contributed by atoms with van der Waals surface area (Å²) >= 11 is 0. The third-order valence-electron chi connectivity index (χ3n) is 2.09. The van der Waals surface area contributed by atoms with E-state index in [1.807, 2.05) is 0 Å². The first-order valence-corrected chi connectivity index (χ1v) is 5.12. The molecule has 0 bridgehead atoms. The van der Waals surface area contributed by atoms with Crippen molar-refractivity contribution >= 4 is 0 Å². The average molecular weight is 185 g/mol. The highest BCUT2D eigenvalue weighted by molar-refractivity contribution is 4.87. The van der Waals surface area contributed by atoms with E-state index in [9.17, 15) is 0 Å². The van der Waals surface area contributed by atoms with E-state index in [4.69, 9.17) is 5.11 Å². The van der Waals surface area contributed by atoms with Crippen LogP contribution < -0.4 is 5.32 Å². The maximum absolute atomic E-state index is 8.78. The van der Waals surface area contributed by atoms with Gasteiger partial charge in [0.25, 0.3) is 0 Å². The van der Waals surface area contributed by atoms with Crippen LogP contribution in [0, 0.1) is 5.92 Å². The van der Waals surface area contributed by atoms with Gasteiger partial charge in [-0.25, -0.2) is 0 Å². The summed E-state index contributed by atoms with van der Waals surface area (Å²) in [6.07, 6.45) is 3.32. The van der Waals surface area contributed by atoms with Gasteiger partial charge in [0, 0.05) is 6.61 Å². The smallest absolute Gasteiger partial charge is 0.0456 e. The SMILES string of the molecule is C=C(C)CCNCCCC(C)CO. The second-order valence-corrected chi connectivity index (χ2v) is 3.89. The lowest BCUT2D eigenvalue weighted by Crippen LogP contribution is -2.17. The number of hydrogen-bond donors (Lipinski definition) is 2. The van der Waals surface area contributed by atoms with Crippen molar-refractivity contribution in [3.05, 3.63) is 12.2 Å². The molecule has 0 saturated heterocycles. The van der Waals surface area contributed by atoms with Gasteiger partial charge >= 0.3 is 0 Å². The predicted octanol–water partition coefficient (Wildman–Crippen LogP) is 1.95. The minimum absolute atomic E-state index is 0.311. The first-order valence-electron chi connectivity index (χ1n) is 5.12. The van der Waals surface area contributed by atoms with Crippen molar-refractivity contribution < 1.29 is 5.11 Å². The molecule has 78 valence electrons. The molecule has 0 spiro atoms. The quantitative estimate of drug-likeness (QED) is 0.447. The van der Waals surface area contributed by atoms with Gasteiger partial charge in [-0.2, -0.15) is 0 Å². The summed E-state index contributed by atoms with van der Waals surface area (Å²) in [4.78, 5) is 0. The van der Waals surface area contributed by atoms with E-state index < -0.39 is 0 Å². The van der Waals surface area contributed by atoms with Crippen LogP contribution in [0.2, 0.25) is 0 Å². The molecule has 0 aliphatic rings. The molecule has 13 heavy (non-hydrogen) atoms. The molecule has 2 N–H and O–H groups in total. The lowest BCUT2D eigenvalue weighted by Gasteiger charge is -2.08. The molecule has 1 unspecified atom stereocenters. The summed E-state index contributed by atoms with van der Waals surface area (Å²) < 4.78 is 0. The fraction of sp³-hybridized carbons (Fsp3) is 0.818. The lowest BCUT2D eigenvalue weighted by molar-refractivity contribution is 0.228. The zero-order valence-electron chi connectivity index (χ0n) is 8.97. The Labute approximate surface area is 82.0 Å². The summed E-state index contributed by atoms with van der Waals surface area (Å²) in [5.41, 5.74) is 1.23. The van der Waals surface area contributed by atoms with E-state index >= 15 is 0 Å². The van der Waals surface area contributed by atoms with Crippen LogP contribution in [0.5, 0.6) is 0 Å². The number of aliphatic hydroxyl groups excluding tert-OH is 1. The summed E-state index contributed by atoms with van der Waals surface area (Å²) in [5, 5.41) is 12.1. The minimum Gasteiger partial charge on any atom is -0.396 e. The van der Waals surface area contributed by atoms with Gasteiger partial charge in [0.1, 0.15) is 0 Å². The van der Waals surface area contributed by atoms with Gasteiger partial charge < -0.3 is 10.4 Å². The van der Waals surface area contributed by atoms with Gasteiger partial charge in [0.05, 0.1) is 0 Å². The average Bonchev–Trinajstić information content (AvgIpc) is 2.10. The first-order chi connectivity index (χ1) is 6.16. The molecule has 0 aromatic carbocycles. The molecular weight excluding hydrogens is 162 g/mol. The highest BCUT2D eigenvalue weighted by atomic mass is 16.3. The van der Waals surface area contributed by atoms with Gasteiger partial charge in [-0.3, -0.25) is 0 Å². The Hall–Kier alpha value is -0.340. The Kier molecular flexibility index (Phi) is 8.05. The summed E-state index contributed by atoms with van der Waals surface area (Å²) in [7, 11) is 0. The molecule has 0 aromatic heterocycles. The van der Waals surface area contributed by atoms with Crippen molar-refractivity contribution in [3.8, 4) is 0 Å². The van der Waals surface area contributed by atoms with Gasteiger partial charge in [-0.1, -0.05) is 12.5 Å². The molecular formula is C11H23NO. The largest absolute Gasteiger partial charge is 0.396 e. The molecule has 0 heterocycles. The fourth-order valence-corrected chi connectivity index (χ4v) is 1.09. The zero-order chi connectivity index (χ0) is 10.1. The Morgan fingerprint density at radius 2 is 2.15 bits per heavy atom. The van der Waals surface area contributed by atoms with Crippen molar-refractivity contribution in [1.29, 1.82) is 0 Å². The molecule has 0 radical (unpaired) electrons. The van der Waals surface area contributed by atoms with Crippen molar-refractivity contribution in [3.63, 3.8) is 0 Å². The molecule has 0 aromatic rings. The van der Waals surface area contributed by atoms with Gasteiger partial charge in [-0.05, 0) is 45.2 Å². The van der Waals surface area contributed by atoms with Crippen molar-refractivity contribution in [2.45, 2.75) is 33.1 Å². The molecule has 2 nitrogen and oxygen atoms in total. The van der Waals surface area contributed by atoms with Crippen LogP contribution in [0.3, 0.4) is 0 Å². The highest BCUT2D eigenvalue weighted by Crippen LogP contribution is 2.02. The van der Waals surface area contributed by atoms with Crippen LogP contribution in [0.1, 0.15) is 33.1 Å². The van der Waals surface area contributed by atoms with E-state index in [1.165, 1.54) is 5.57 Å². The standard InChI is InChI=1S/C11H23NO/c1-10(2)6-8-12-7-4-5-11(3)9-13/h11-13H,1,4-9H2,2-3H3. The number of aliphatic hydroxyl groups is 1. The summed E-state index contributed by atoms with van der Waals surface area (Å²) in [5.74, 6) is 0.447. The van der Waals surface area contributed by atoms with Crippen LogP contribution in [-0.2, 0) is 0 Å². The Bertz CT molecular complexity index is 134.